The van der Waals surface area contributed by atoms with E-state index in [0.29, 0.717) is 23.6 Å². The Morgan fingerprint density at radius 3 is 2.57 bits per heavy atom. The highest BCUT2D eigenvalue weighted by atomic mass is 32.1. The number of primary amides is 1. The zero-order valence-electron chi connectivity index (χ0n) is 22.0. The summed E-state index contributed by atoms with van der Waals surface area (Å²) in [6.07, 6.45) is 0.529. The predicted octanol–water partition coefficient (Wildman–Crippen LogP) is 4.25. The van der Waals surface area contributed by atoms with Crippen LogP contribution in [0.5, 0.6) is 0 Å². The van der Waals surface area contributed by atoms with E-state index in [1.807, 2.05) is 27.7 Å². The number of hydrogen-bond acceptors (Lipinski definition) is 7. The van der Waals surface area contributed by atoms with Crippen LogP contribution in [0, 0.1) is 0 Å². The molecule has 3 heterocycles. The monoisotopic (exact) mass is 522 g/mol. The van der Waals surface area contributed by atoms with Gasteiger partial charge in [-0.3, -0.25) is 14.3 Å². The first-order valence-electron chi connectivity index (χ1n) is 11.8. The van der Waals surface area contributed by atoms with Crippen LogP contribution in [0.25, 0.3) is 0 Å². The number of nitrogens with zero attached hydrogens (tertiary/aromatic N) is 2. The molecule has 2 amide bonds. The number of carbonyl (C=O) groups is 2. The van der Waals surface area contributed by atoms with Gasteiger partial charge in [0, 0.05) is 33.0 Å². The Morgan fingerprint density at radius 2 is 1.94 bits per heavy atom. The number of thiophene rings is 1. The lowest BCUT2D eigenvalue weighted by Crippen LogP contribution is -2.42. The molecule has 3 N–H and O–H groups in total. The van der Waals surface area contributed by atoms with Crippen molar-refractivity contribution in [3.63, 3.8) is 0 Å². The number of nitrogens with one attached hydrogen (secondary N) is 1. The fourth-order valence-electron chi connectivity index (χ4n) is 4.23. The summed E-state index contributed by atoms with van der Waals surface area (Å²) >= 11 is 1.32. The Hall–Kier alpha value is -2.05. The van der Waals surface area contributed by atoms with Gasteiger partial charge in [-0.15, -0.1) is 11.3 Å². The Kier molecular flexibility index (Phi) is 7.97. The number of amides is 2. The standard InChI is InChI=1S/C24H38N4O5SSi/c1-23(2)12-16-18(20(25)29)22(34-19(16)24(3,4)33-23)26-21(30)17-11-15(28(5)27-17)13-32-14-31-9-10-35(6,7)8/h11H,9-10,12-14H2,1-8H3,(H2,25,29)(H,26,30). The molecule has 0 spiro atoms. The molecule has 0 unspecified atom stereocenters. The van der Waals surface area contributed by atoms with Gasteiger partial charge in [-0.1, -0.05) is 19.6 Å². The normalized spacial score (nSPS) is 16.7. The van der Waals surface area contributed by atoms with E-state index in [2.05, 4.69) is 30.1 Å². The smallest absolute Gasteiger partial charge is 0.276 e. The molecule has 0 radical (unpaired) electrons. The molecule has 3 rings (SSSR count). The predicted molar refractivity (Wildman–Crippen MR) is 140 cm³/mol. The minimum atomic E-state index is -1.14. The molecule has 11 heteroatoms. The number of hydrogen-bond donors (Lipinski definition) is 2. The van der Waals surface area contributed by atoms with Gasteiger partial charge in [-0.25, -0.2) is 0 Å². The van der Waals surface area contributed by atoms with Crippen molar-refractivity contribution in [1.29, 1.82) is 0 Å². The van der Waals surface area contributed by atoms with E-state index in [4.69, 9.17) is 19.9 Å². The van der Waals surface area contributed by atoms with Crippen LogP contribution in [0.2, 0.25) is 25.7 Å². The molecular weight excluding hydrogens is 484 g/mol. The molecule has 0 aliphatic carbocycles. The van der Waals surface area contributed by atoms with Crippen molar-refractivity contribution in [2.45, 2.75) is 77.6 Å². The van der Waals surface area contributed by atoms with E-state index >= 15 is 0 Å². The molecular formula is C24H38N4O5SSi. The zero-order chi connectivity index (χ0) is 26.2. The van der Waals surface area contributed by atoms with Crippen molar-refractivity contribution in [2.24, 2.45) is 12.8 Å². The Labute approximate surface area is 212 Å². The number of rotatable bonds is 10. The van der Waals surface area contributed by atoms with Crippen molar-refractivity contribution in [3.8, 4) is 0 Å². The second-order valence-corrected chi connectivity index (χ2v) is 18.0. The van der Waals surface area contributed by atoms with Crippen molar-refractivity contribution < 1.29 is 23.8 Å². The minimum absolute atomic E-state index is 0.189. The van der Waals surface area contributed by atoms with Crippen LogP contribution in [-0.2, 0) is 39.9 Å². The Bertz CT molecular complexity index is 1100. The first-order valence-corrected chi connectivity index (χ1v) is 16.3. The fourth-order valence-corrected chi connectivity index (χ4v) is 6.24. The highest BCUT2D eigenvalue weighted by Gasteiger charge is 2.43. The van der Waals surface area contributed by atoms with Gasteiger partial charge in [-0.05, 0) is 45.4 Å². The van der Waals surface area contributed by atoms with E-state index in [9.17, 15) is 9.59 Å². The largest absolute Gasteiger partial charge is 0.365 e. The second-order valence-electron chi connectivity index (χ2n) is 11.3. The van der Waals surface area contributed by atoms with Crippen molar-refractivity contribution in [1.82, 2.24) is 9.78 Å². The number of aromatic nitrogens is 2. The third-order valence-corrected chi connectivity index (χ3v) is 8.94. The molecule has 1 aliphatic rings. The van der Waals surface area contributed by atoms with Crippen LogP contribution in [0.15, 0.2) is 6.07 Å². The molecule has 0 aromatic carbocycles. The third-order valence-electron chi connectivity index (χ3n) is 5.78. The summed E-state index contributed by atoms with van der Waals surface area (Å²) in [5.41, 5.74) is 6.82. The van der Waals surface area contributed by atoms with E-state index in [0.717, 1.165) is 22.2 Å². The van der Waals surface area contributed by atoms with E-state index in [1.54, 1.807) is 17.8 Å². The molecule has 0 bridgehead atoms. The first-order chi connectivity index (χ1) is 16.1. The Balaban J connectivity index is 1.70. The Morgan fingerprint density at radius 1 is 1.26 bits per heavy atom. The minimum Gasteiger partial charge on any atom is -0.365 e. The highest BCUT2D eigenvalue weighted by molar-refractivity contribution is 7.17. The van der Waals surface area contributed by atoms with Crippen LogP contribution < -0.4 is 11.1 Å². The topological polar surface area (TPSA) is 118 Å². The molecule has 2 aromatic rings. The van der Waals surface area contributed by atoms with E-state index < -0.39 is 31.1 Å². The van der Waals surface area contributed by atoms with Gasteiger partial charge in [0.1, 0.15) is 11.8 Å². The second kappa shape index (κ2) is 10.1. The molecule has 35 heavy (non-hydrogen) atoms. The van der Waals surface area contributed by atoms with Crippen LogP contribution in [0.3, 0.4) is 0 Å². The van der Waals surface area contributed by atoms with Crippen LogP contribution in [0.1, 0.15) is 64.7 Å². The molecule has 2 aromatic heterocycles. The number of ether oxygens (including phenoxy) is 3. The molecule has 194 valence electrons. The molecule has 1 aliphatic heterocycles. The lowest BCUT2D eigenvalue weighted by atomic mass is 9.86. The lowest BCUT2D eigenvalue weighted by Gasteiger charge is -2.41. The number of carbonyl (C=O) groups excluding carboxylic acids is 2. The van der Waals surface area contributed by atoms with Crippen molar-refractivity contribution in [2.75, 3.05) is 18.7 Å². The summed E-state index contributed by atoms with van der Waals surface area (Å²) in [7, 11) is 0.616. The molecule has 0 fully saturated rings. The number of fused-ring (bicyclic) bond motifs is 1. The quantitative estimate of drug-likeness (QED) is 0.274. The molecule has 9 nitrogen and oxygen atoms in total. The fraction of sp³-hybridized carbons (Fsp3) is 0.625. The summed E-state index contributed by atoms with van der Waals surface area (Å²) in [6, 6.07) is 2.75. The van der Waals surface area contributed by atoms with Crippen LogP contribution in [-0.4, -0.2) is 48.7 Å². The maximum Gasteiger partial charge on any atom is 0.276 e. The summed E-state index contributed by atoms with van der Waals surface area (Å²) in [5, 5.41) is 7.59. The average Bonchev–Trinajstić information content (AvgIpc) is 3.23. The van der Waals surface area contributed by atoms with Gasteiger partial charge in [-0.2, -0.15) is 5.10 Å². The van der Waals surface area contributed by atoms with Crippen LogP contribution >= 0.6 is 11.3 Å². The number of anilines is 1. The number of nitrogens with two attached hydrogens (primary N) is 1. The molecule has 0 saturated carbocycles. The van der Waals surface area contributed by atoms with Gasteiger partial charge in [0.25, 0.3) is 11.8 Å². The van der Waals surface area contributed by atoms with Gasteiger partial charge >= 0.3 is 0 Å². The van der Waals surface area contributed by atoms with E-state index in [1.165, 1.54) is 11.3 Å². The lowest BCUT2D eigenvalue weighted by molar-refractivity contribution is -0.135. The first kappa shape index (κ1) is 27.5. The van der Waals surface area contributed by atoms with Gasteiger partial charge in [0.15, 0.2) is 5.69 Å². The van der Waals surface area contributed by atoms with Gasteiger partial charge in [0.05, 0.1) is 29.1 Å². The molecule has 0 saturated heterocycles. The zero-order valence-corrected chi connectivity index (χ0v) is 23.9. The summed E-state index contributed by atoms with van der Waals surface area (Å²) in [5.74, 6) is -0.993. The summed E-state index contributed by atoms with van der Waals surface area (Å²) < 4.78 is 19.0. The maximum atomic E-state index is 13.0. The van der Waals surface area contributed by atoms with Crippen LogP contribution in [0.4, 0.5) is 5.00 Å². The van der Waals surface area contributed by atoms with Crippen molar-refractivity contribution in [3.05, 3.63) is 33.5 Å². The third kappa shape index (κ3) is 6.79. The SMILES string of the molecule is Cn1nc(C(=O)Nc2sc3c(c2C(N)=O)CC(C)(C)OC3(C)C)cc1COCOCC[Si](C)(C)C. The average molecular weight is 523 g/mol. The maximum absolute atomic E-state index is 13.0. The summed E-state index contributed by atoms with van der Waals surface area (Å²) in [6.45, 7) is 15.9. The summed E-state index contributed by atoms with van der Waals surface area (Å²) in [4.78, 5) is 26.3. The molecule has 0 atom stereocenters. The van der Waals surface area contributed by atoms with E-state index in [-0.39, 0.29) is 19.1 Å². The van der Waals surface area contributed by atoms with Gasteiger partial charge in [0.2, 0.25) is 0 Å². The number of aryl methyl sites for hydroxylation is 1. The van der Waals surface area contributed by atoms with Gasteiger partial charge < -0.3 is 25.3 Å². The highest BCUT2D eigenvalue weighted by Crippen LogP contribution is 2.48. The van der Waals surface area contributed by atoms with Crippen molar-refractivity contribution >= 4 is 36.2 Å².